The highest BCUT2D eigenvalue weighted by Crippen LogP contribution is 2.18. The highest BCUT2D eigenvalue weighted by molar-refractivity contribution is 7.89. The molecule has 152 valence electrons. The number of halogens is 2. The molecule has 0 spiro atoms. The van der Waals surface area contributed by atoms with Gasteiger partial charge >= 0.3 is 0 Å². The second kappa shape index (κ2) is 8.95. The van der Waals surface area contributed by atoms with Crippen molar-refractivity contribution in [2.75, 3.05) is 39.3 Å². The van der Waals surface area contributed by atoms with E-state index in [2.05, 4.69) is 0 Å². The molecule has 2 aromatic carbocycles. The Morgan fingerprint density at radius 2 is 1.46 bits per heavy atom. The van der Waals surface area contributed by atoms with Crippen LogP contribution >= 0.6 is 0 Å². The van der Waals surface area contributed by atoms with Crippen LogP contribution in [0.1, 0.15) is 0 Å². The zero-order valence-electron chi connectivity index (χ0n) is 15.2. The van der Waals surface area contributed by atoms with E-state index >= 15 is 0 Å². The van der Waals surface area contributed by atoms with Crippen LogP contribution in [0.2, 0.25) is 0 Å². The van der Waals surface area contributed by atoms with E-state index in [1.807, 2.05) is 4.90 Å². The van der Waals surface area contributed by atoms with Gasteiger partial charge in [0.15, 0.2) is 0 Å². The standard InChI is InChI=1S/C19H22F2N2O4S/c20-15-1-5-18(6-2-15)27-14-17(24)13-22-9-11-23(12-10-22)28(25,26)19-7-3-16(21)4-8-19/h1-8,17,24H,9-14H2/t17-/m0/s1. The van der Waals surface area contributed by atoms with E-state index in [-0.39, 0.29) is 30.4 Å². The van der Waals surface area contributed by atoms with Gasteiger partial charge < -0.3 is 9.84 Å². The van der Waals surface area contributed by atoms with Crippen LogP contribution in [-0.4, -0.2) is 68.2 Å². The van der Waals surface area contributed by atoms with Crippen molar-refractivity contribution in [1.29, 1.82) is 0 Å². The van der Waals surface area contributed by atoms with Gasteiger partial charge in [-0.3, -0.25) is 4.90 Å². The maximum absolute atomic E-state index is 13.0. The second-order valence-corrected chi connectivity index (χ2v) is 8.52. The first kappa shape index (κ1) is 20.7. The lowest BCUT2D eigenvalue weighted by molar-refractivity contribution is 0.0569. The summed E-state index contributed by atoms with van der Waals surface area (Å²) in [5.41, 5.74) is 0. The molecular formula is C19H22F2N2O4S. The summed E-state index contributed by atoms with van der Waals surface area (Å²) >= 11 is 0. The Morgan fingerprint density at radius 3 is 2.04 bits per heavy atom. The van der Waals surface area contributed by atoms with Gasteiger partial charge in [-0.15, -0.1) is 0 Å². The van der Waals surface area contributed by atoms with E-state index in [1.54, 1.807) is 0 Å². The smallest absolute Gasteiger partial charge is 0.243 e. The average Bonchev–Trinajstić information content (AvgIpc) is 2.68. The van der Waals surface area contributed by atoms with Crippen molar-refractivity contribution in [3.63, 3.8) is 0 Å². The first-order chi connectivity index (χ1) is 13.3. The van der Waals surface area contributed by atoms with Gasteiger partial charge in [-0.1, -0.05) is 0 Å². The van der Waals surface area contributed by atoms with E-state index in [4.69, 9.17) is 4.74 Å². The van der Waals surface area contributed by atoms with Crippen molar-refractivity contribution in [2.45, 2.75) is 11.0 Å². The average molecular weight is 412 g/mol. The third-order valence-electron chi connectivity index (χ3n) is 4.51. The first-order valence-electron chi connectivity index (χ1n) is 8.89. The largest absolute Gasteiger partial charge is 0.491 e. The fourth-order valence-electron chi connectivity index (χ4n) is 2.98. The Morgan fingerprint density at radius 1 is 0.929 bits per heavy atom. The molecule has 1 heterocycles. The van der Waals surface area contributed by atoms with Crippen LogP contribution in [-0.2, 0) is 10.0 Å². The van der Waals surface area contributed by atoms with Gasteiger partial charge in [0, 0.05) is 32.7 Å². The van der Waals surface area contributed by atoms with Crippen LogP contribution in [0.25, 0.3) is 0 Å². The lowest BCUT2D eigenvalue weighted by Crippen LogP contribution is -2.50. The number of benzene rings is 2. The molecule has 1 saturated heterocycles. The van der Waals surface area contributed by atoms with Crippen LogP contribution in [0.5, 0.6) is 5.75 Å². The summed E-state index contributed by atoms with van der Waals surface area (Å²) < 4.78 is 57.9. The number of aliphatic hydroxyl groups excluding tert-OH is 1. The summed E-state index contributed by atoms with van der Waals surface area (Å²) in [5, 5.41) is 10.1. The molecule has 9 heteroatoms. The van der Waals surface area contributed by atoms with Crippen molar-refractivity contribution in [3.8, 4) is 5.75 Å². The van der Waals surface area contributed by atoms with Crippen molar-refractivity contribution < 1.29 is 27.0 Å². The van der Waals surface area contributed by atoms with E-state index < -0.39 is 21.9 Å². The Balaban J connectivity index is 1.46. The van der Waals surface area contributed by atoms with Gasteiger partial charge in [0.25, 0.3) is 0 Å². The lowest BCUT2D eigenvalue weighted by atomic mass is 10.3. The second-order valence-electron chi connectivity index (χ2n) is 6.58. The number of piperazine rings is 1. The SMILES string of the molecule is O=S(=O)(c1ccc(F)cc1)N1CCN(C[C@H](O)COc2ccc(F)cc2)CC1. The zero-order chi connectivity index (χ0) is 20.1. The Labute approximate surface area is 163 Å². The molecule has 0 amide bonds. The predicted molar refractivity (Wildman–Crippen MR) is 99.5 cm³/mol. The summed E-state index contributed by atoms with van der Waals surface area (Å²) in [6.07, 6.45) is -0.759. The quantitative estimate of drug-likeness (QED) is 0.750. The predicted octanol–water partition coefficient (Wildman–Crippen LogP) is 1.71. The third-order valence-corrected chi connectivity index (χ3v) is 6.42. The van der Waals surface area contributed by atoms with Crippen molar-refractivity contribution in [2.24, 2.45) is 0 Å². The Bertz CT molecular complexity index is 868. The number of hydrogen-bond acceptors (Lipinski definition) is 5. The number of sulfonamides is 1. The Kier molecular flexibility index (Phi) is 6.61. The molecule has 0 radical (unpaired) electrons. The molecule has 1 N–H and O–H groups in total. The minimum absolute atomic E-state index is 0.0553. The van der Waals surface area contributed by atoms with Gasteiger partial charge in [0.1, 0.15) is 30.1 Å². The molecule has 1 atom stereocenters. The molecule has 1 aliphatic heterocycles. The maximum atomic E-state index is 13.0. The number of rotatable bonds is 7. The topological polar surface area (TPSA) is 70.1 Å². The summed E-state index contributed by atoms with van der Waals surface area (Å²) in [5.74, 6) is -0.377. The van der Waals surface area contributed by atoms with Gasteiger partial charge in [-0.05, 0) is 48.5 Å². The monoisotopic (exact) mass is 412 g/mol. The van der Waals surface area contributed by atoms with Crippen LogP contribution in [0, 0.1) is 11.6 Å². The number of ether oxygens (including phenoxy) is 1. The minimum Gasteiger partial charge on any atom is -0.491 e. The molecule has 6 nitrogen and oxygen atoms in total. The molecule has 0 unspecified atom stereocenters. The van der Waals surface area contributed by atoms with Crippen molar-refractivity contribution in [1.82, 2.24) is 9.21 Å². The number of hydrogen-bond donors (Lipinski definition) is 1. The third kappa shape index (κ3) is 5.26. The first-order valence-corrected chi connectivity index (χ1v) is 10.3. The van der Waals surface area contributed by atoms with Crippen LogP contribution in [0.3, 0.4) is 0 Å². The van der Waals surface area contributed by atoms with Gasteiger partial charge in [-0.25, -0.2) is 17.2 Å². The molecular weight excluding hydrogens is 390 g/mol. The molecule has 0 aromatic heterocycles. The normalized spacial score (nSPS) is 17.4. The summed E-state index contributed by atoms with van der Waals surface area (Å²) in [7, 11) is -3.66. The van der Waals surface area contributed by atoms with E-state index in [1.165, 1.54) is 40.7 Å². The van der Waals surface area contributed by atoms with Gasteiger partial charge in [0.2, 0.25) is 10.0 Å². The summed E-state index contributed by atoms with van der Waals surface area (Å²) in [4.78, 5) is 2.02. The summed E-state index contributed by atoms with van der Waals surface area (Å²) in [6.45, 7) is 1.89. The van der Waals surface area contributed by atoms with Crippen molar-refractivity contribution >= 4 is 10.0 Å². The highest BCUT2D eigenvalue weighted by atomic mass is 32.2. The molecule has 1 fully saturated rings. The molecule has 0 bridgehead atoms. The molecule has 0 saturated carbocycles. The molecule has 0 aliphatic carbocycles. The fourth-order valence-corrected chi connectivity index (χ4v) is 4.40. The number of nitrogens with zero attached hydrogens (tertiary/aromatic N) is 2. The molecule has 1 aliphatic rings. The van der Waals surface area contributed by atoms with Crippen LogP contribution < -0.4 is 4.74 Å². The Hall–Kier alpha value is -2.07. The van der Waals surface area contributed by atoms with Crippen molar-refractivity contribution in [3.05, 3.63) is 60.2 Å². The van der Waals surface area contributed by atoms with Gasteiger partial charge in [0.05, 0.1) is 4.90 Å². The van der Waals surface area contributed by atoms with E-state index in [0.29, 0.717) is 25.4 Å². The number of β-amino-alcohol motifs (C(OH)–C–C–N with tert-alkyl or cyclic N) is 1. The van der Waals surface area contributed by atoms with Crippen LogP contribution in [0.15, 0.2) is 53.4 Å². The van der Waals surface area contributed by atoms with E-state index in [9.17, 15) is 22.3 Å². The maximum Gasteiger partial charge on any atom is 0.243 e. The zero-order valence-corrected chi connectivity index (χ0v) is 16.0. The van der Waals surface area contributed by atoms with E-state index in [0.717, 1.165) is 12.1 Å². The van der Waals surface area contributed by atoms with Crippen LogP contribution in [0.4, 0.5) is 8.78 Å². The van der Waals surface area contributed by atoms with Gasteiger partial charge in [-0.2, -0.15) is 4.31 Å². The fraction of sp³-hybridized carbons (Fsp3) is 0.368. The minimum atomic E-state index is -3.66. The highest BCUT2D eigenvalue weighted by Gasteiger charge is 2.29. The lowest BCUT2D eigenvalue weighted by Gasteiger charge is -2.34. The molecule has 28 heavy (non-hydrogen) atoms. The molecule has 3 rings (SSSR count). The summed E-state index contributed by atoms with van der Waals surface area (Å²) in [6, 6.07) is 10.3. The number of aliphatic hydroxyl groups is 1. The molecule has 2 aromatic rings.